The van der Waals surface area contributed by atoms with Gasteiger partial charge in [-0.3, -0.25) is 9.36 Å². The van der Waals surface area contributed by atoms with Crippen molar-refractivity contribution in [2.24, 2.45) is 0 Å². The van der Waals surface area contributed by atoms with E-state index in [0.29, 0.717) is 22.5 Å². The molecule has 1 aliphatic carbocycles. The van der Waals surface area contributed by atoms with Crippen LogP contribution in [0.4, 0.5) is 0 Å². The monoisotopic (exact) mass is 328 g/mol. The Balaban J connectivity index is 2.01. The molecular weight excluding hydrogens is 319 g/mol. The zero-order valence-corrected chi connectivity index (χ0v) is 12.7. The third kappa shape index (κ3) is 2.85. The minimum absolute atomic E-state index is 0.141. The average molecular weight is 330 g/mol. The summed E-state index contributed by atoms with van der Waals surface area (Å²) in [5.41, 5.74) is 0.769. The fourth-order valence-electron chi connectivity index (χ4n) is 2.13. The number of aromatic nitrogens is 2. The van der Waals surface area contributed by atoms with Crippen molar-refractivity contribution in [1.82, 2.24) is 9.55 Å². The maximum atomic E-state index is 12.1. The standard InChI is InChI=1S/C14H11Cl3N2O/c15-10-4-1-8(5-11(10)16)7-19-13(20)6-12(17)18-14(19)9-2-3-9/h1,4-6,9H,2-3,7H2. The minimum Gasteiger partial charge on any atom is -0.292 e. The van der Waals surface area contributed by atoms with Crippen LogP contribution < -0.4 is 5.56 Å². The molecule has 0 unspecified atom stereocenters. The molecule has 1 fully saturated rings. The van der Waals surface area contributed by atoms with Crippen molar-refractivity contribution in [1.29, 1.82) is 0 Å². The van der Waals surface area contributed by atoms with Gasteiger partial charge in [0.15, 0.2) is 0 Å². The summed E-state index contributed by atoms with van der Waals surface area (Å²) in [7, 11) is 0. The summed E-state index contributed by atoms with van der Waals surface area (Å²) < 4.78 is 1.66. The Morgan fingerprint density at radius 3 is 2.55 bits per heavy atom. The van der Waals surface area contributed by atoms with E-state index in [-0.39, 0.29) is 10.7 Å². The van der Waals surface area contributed by atoms with Crippen molar-refractivity contribution < 1.29 is 0 Å². The van der Waals surface area contributed by atoms with E-state index in [1.807, 2.05) is 6.07 Å². The smallest absolute Gasteiger partial charge is 0.255 e. The highest BCUT2D eigenvalue weighted by Crippen LogP contribution is 2.39. The second-order valence-electron chi connectivity index (χ2n) is 4.88. The topological polar surface area (TPSA) is 34.9 Å². The Morgan fingerprint density at radius 1 is 1.15 bits per heavy atom. The third-order valence-electron chi connectivity index (χ3n) is 3.27. The summed E-state index contributed by atoms with van der Waals surface area (Å²) in [6.07, 6.45) is 2.10. The number of nitrogens with zero attached hydrogens (tertiary/aromatic N) is 2. The molecule has 1 heterocycles. The van der Waals surface area contributed by atoms with Crippen molar-refractivity contribution >= 4 is 34.8 Å². The number of halogens is 3. The fourth-order valence-corrected chi connectivity index (χ4v) is 2.63. The van der Waals surface area contributed by atoms with Gasteiger partial charge in [-0.05, 0) is 30.5 Å². The van der Waals surface area contributed by atoms with Crippen LogP contribution in [0.15, 0.2) is 29.1 Å². The van der Waals surface area contributed by atoms with Gasteiger partial charge in [-0.1, -0.05) is 40.9 Å². The molecule has 0 radical (unpaired) electrons. The molecule has 0 amide bonds. The van der Waals surface area contributed by atoms with E-state index in [1.165, 1.54) is 6.07 Å². The number of rotatable bonds is 3. The molecule has 3 nitrogen and oxygen atoms in total. The quantitative estimate of drug-likeness (QED) is 0.794. The van der Waals surface area contributed by atoms with E-state index in [9.17, 15) is 4.79 Å². The molecule has 0 saturated heterocycles. The molecule has 2 aromatic rings. The molecule has 0 spiro atoms. The number of hydrogen-bond acceptors (Lipinski definition) is 2. The highest BCUT2D eigenvalue weighted by molar-refractivity contribution is 6.42. The van der Waals surface area contributed by atoms with Crippen LogP contribution in [0.5, 0.6) is 0 Å². The maximum Gasteiger partial charge on any atom is 0.255 e. The lowest BCUT2D eigenvalue weighted by Gasteiger charge is -2.12. The molecule has 0 bridgehead atoms. The summed E-state index contributed by atoms with van der Waals surface area (Å²) in [5.74, 6) is 1.10. The first kappa shape index (κ1) is 13.9. The molecule has 0 N–H and O–H groups in total. The summed E-state index contributed by atoms with van der Waals surface area (Å²) >= 11 is 17.8. The second-order valence-corrected chi connectivity index (χ2v) is 6.09. The Bertz CT molecular complexity index is 723. The van der Waals surface area contributed by atoms with Crippen LogP contribution in [0.3, 0.4) is 0 Å². The molecule has 6 heteroatoms. The minimum atomic E-state index is -0.141. The molecule has 0 atom stereocenters. The van der Waals surface area contributed by atoms with Crippen LogP contribution in [0.2, 0.25) is 15.2 Å². The molecule has 1 aromatic carbocycles. The third-order valence-corrected chi connectivity index (χ3v) is 4.21. The van der Waals surface area contributed by atoms with Gasteiger partial charge in [0.05, 0.1) is 16.6 Å². The summed E-state index contributed by atoms with van der Waals surface area (Å²) in [5, 5.41) is 1.23. The van der Waals surface area contributed by atoms with Crippen LogP contribution >= 0.6 is 34.8 Å². The first-order valence-electron chi connectivity index (χ1n) is 6.26. The molecule has 0 aliphatic heterocycles. The van der Waals surface area contributed by atoms with E-state index in [4.69, 9.17) is 34.8 Å². The molecule has 20 heavy (non-hydrogen) atoms. The average Bonchev–Trinajstić information content (AvgIpc) is 3.21. The highest BCUT2D eigenvalue weighted by Gasteiger charge is 2.29. The number of benzene rings is 1. The van der Waals surface area contributed by atoms with Crippen LogP contribution in [-0.2, 0) is 6.54 Å². The first-order valence-corrected chi connectivity index (χ1v) is 7.39. The predicted octanol–water partition coefficient (Wildman–Crippen LogP) is 4.13. The van der Waals surface area contributed by atoms with Gasteiger partial charge in [-0.15, -0.1) is 0 Å². The van der Waals surface area contributed by atoms with E-state index in [1.54, 1.807) is 16.7 Å². The van der Waals surface area contributed by atoms with Gasteiger partial charge >= 0.3 is 0 Å². The molecular formula is C14H11Cl3N2O. The van der Waals surface area contributed by atoms with Crippen molar-refractivity contribution in [2.45, 2.75) is 25.3 Å². The molecule has 1 aliphatic rings. The van der Waals surface area contributed by atoms with Gasteiger partial charge < -0.3 is 0 Å². The van der Waals surface area contributed by atoms with Crippen molar-refractivity contribution in [3.05, 3.63) is 61.2 Å². The molecule has 1 saturated carbocycles. The van der Waals surface area contributed by atoms with E-state index in [2.05, 4.69) is 4.98 Å². The largest absolute Gasteiger partial charge is 0.292 e. The van der Waals surface area contributed by atoms with Gasteiger partial charge in [-0.2, -0.15) is 0 Å². The lowest BCUT2D eigenvalue weighted by molar-refractivity contribution is 0.669. The number of hydrogen-bond donors (Lipinski definition) is 0. The Hall–Kier alpha value is -1.03. The Labute approximate surface area is 131 Å². The van der Waals surface area contributed by atoms with Crippen LogP contribution in [0, 0.1) is 0 Å². The van der Waals surface area contributed by atoms with Gasteiger partial charge in [0, 0.05) is 12.0 Å². The Kier molecular flexibility index (Phi) is 3.76. The maximum absolute atomic E-state index is 12.1. The van der Waals surface area contributed by atoms with Gasteiger partial charge in [0.1, 0.15) is 11.0 Å². The van der Waals surface area contributed by atoms with Gasteiger partial charge in [0.2, 0.25) is 0 Å². The lowest BCUT2D eigenvalue weighted by Crippen LogP contribution is -2.24. The summed E-state index contributed by atoms with van der Waals surface area (Å²) in [6, 6.07) is 6.68. The SMILES string of the molecule is O=c1cc(Cl)nc(C2CC2)n1Cc1ccc(Cl)c(Cl)c1. The lowest BCUT2D eigenvalue weighted by atomic mass is 10.2. The van der Waals surface area contributed by atoms with Gasteiger partial charge in [0.25, 0.3) is 5.56 Å². The van der Waals surface area contributed by atoms with Crippen LogP contribution in [0.1, 0.15) is 30.1 Å². The van der Waals surface area contributed by atoms with Crippen molar-refractivity contribution in [2.75, 3.05) is 0 Å². The van der Waals surface area contributed by atoms with E-state index >= 15 is 0 Å². The van der Waals surface area contributed by atoms with Crippen molar-refractivity contribution in [3.8, 4) is 0 Å². The van der Waals surface area contributed by atoms with E-state index < -0.39 is 0 Å². The highest BCUT2D eigenvalue weighted by atomic mass is 35.5. The molecule has 3 rings (SSSR count). The van der Waals surface area contributed by atoms with Crippen LogP contribution in [-0.4, -0.2) is 9.55 Å². The van der Waals surface area contributed by atoms with E-state index in [0.717, 1.165) is 24.2 Å². The molecule has 1 aromatic heterocycles. The molecule has 104 valence electrons. The Morgan fingerprint density at radius 2 is 1.90 bits per heavy atom. The zero-order chi connectivity index (χ0) is 14.3. The van der Waals surface area contributed by atoms with Gasteiger partial charge in [-0.25, -0.2) is 4.98 Å². The predicted molar refractivity (Wildman–Crippen MR) is 81.0 cm³/mol. The van der Waals surface area contributed by atoms with Crippen molar-refractivity contribution in [3.63, 3.8) is 0 Å². The second kappa shape index (κ2) is 5.40. The fraction of sp³-hybridized carbons (Fsp3) is 0.286. The summed E-state index contributed by atoms with van der Waals surface area (Å²) in [4.78, 5) is 16.4. The normalized spacial score (nSPS) is 14.6. The summed E-state index contributed by atoms with van der Waals surface area (Å²) in [6.45, 7) is 0.422. The van der Waals surface area contributed by atoms with Crippen LogP contribution in [0.25, 0.3) is 0 Å². The zero-order valence-electron chi connectivity index (χ0n) is 10.4. The first-order chi connectivity index (χ1) is 9.54.